The maximum Gasteiger partial charge on any atom is 0.573 e. The first-order chi connectivity index (χ1) is 11.0. The lowest BCUT2D eigenvalue weighted by Crippen LogP contribution is -2.41. The molecule has 1 aromatic carbocycles. The van der Waals surface area contributed by atoms with Gasteiger partial charge in [0.25, 0.3) is 0 Å². The summed E-state index contributed by atoms with van der Waals surface area (Å²) in [6.07, 6.45) is -4.85. The third-order valence-electron chi connectivity index (χ3n) is 4.06. The number of hydrogen-bond acceptors (Lipinski definition) is 5. The predicted molar refractivity (Wildman–Crippen MR) is 81.3 cm³/mol. The van der Waals surface area contributed by atoms with Gasteiger partial charge in [0.1, 0.15) is 11.5 Å². The molecule has 0 aliphatic carbocycles. The predicted octanol–water partition coefficient (Wildman–Crippen LogP) is 2.87. The van der Waals surface area contributed by atoms with E-state index in [9.17, 15) is 13.2 Å². The molecule has 0 unspecified atom stereocenters. The Labute approximate surface area is 139 Å². The standard InChI is InChI=1S/C15H20BF3O5/c1-13(2)14(3,4)24-16(23-13)11-7-6-10(21-9-20-5)8-12(11)22-15(17,18)19/h6-8H,9H2,1-5H3. The third kappa shape index (κ3) is 4.14. The summed E-state index contributed by atoms with van der Waals surface area (Å²) in [7, 11) is 0.426. The highest BCUT2D eigenvalue weighted by Gasteiger charge is 2.53. The quantitative estimate of drug-likeness (QED) is 0.605. The van der Waals surface area contributed by atoms with Crippen LogP contribution in [0.15, 0.2) is 18.2 Å². The van der Waals surface area contributed by atoms with Gasteiger partial charge in [0, 0.05) is 18.6 Å². The summed E-state index contributed by atoms with van der Waals surface area (Å²) in [5.41, 5.74) is -1.23. The molecular weight excluding hydrogens is 328 g/mol. The van der Waals surface area contributed by atoms with Crippen molar-refractivity contribution in [1.29, 1.82) is 0 Å². The van der Waals surface area contributed by atoms with Crippen LogP contribution in [0.2, 0.25) is 0 Å². The van der Waals surface area contributed by atoms with Crippen molar-refractivity contribution in [2.75, 3.05) is 13.9 Å². The fourth-order valence-electron chi connectivity index (χ4n) is 2.11. The molecule has 1 aliphatic rings. The Morgan fingerprint density at radius 2 is 1.67 bits per heavy atom. The molecule has 9 heteroatoms. The molecule has 0 spiro atoms. The molecular formula is C15H20BF3O5. The molecule has 1 fully saturated rings. The zero-order chi connectivity index (χ0) is 18.2. The van der Waals surface area contributed by atoms with E-state index in [1.165, 1.54) is 19.2 Å². The zero-order valence-corrected chi connectivity index (χ0v) is 14.2. The lowest BCUT2D eigenvalue weighted by atomic mass is 9.78. The van der Waals surface area contributed by atoms with Crippen molar-refractivity contribution in [3.8, 4) is 11.5 Å². The Kier molecular flexibility index (Phi) is 5.08. The number of alkyl halides is 3. The van der Waals surface area contributed by atoms with E-state index >= 15 is 0 Å². The van der Waals surface area contributed by atoms with Crippen LogP contribution in [-0.2, 0) is 14.0 Å². The summed E-state index contributed by atoms with van der Waals surface area (Å²) in [5.74, 6) is -0.258. The van der Waals surface area contributed by atoms with Gasteiger partial charge in [0.05, 0.1) is 11.2 Å². The number of benzene rings is 1. The van der Waals surface area contributed by atoms with Crippen molar-refractivity contribution in [2.45, 2.75) is 45.3 Å². The van der Waals surface area contributed by atoms with Crippen molar-refractivity contribution in [3.05, 3.63) is 18.2 Å². The summed E-state index contributed by atoms with van der Waals surface area (Å²) in [6, 6.07) is 4.06. The molecule has 1 aromatic rings. The van der Waals surface area contributed by atoms with Gasteiger partial charge in [-0.15, -0.1) is 13.2 Å². The van der Waals surface area contributed by atoms with Crippen LogP contribution >= 0.6 is 0 Å². The Balaban J connectivity index is 2.35. The fraction of sp³-hybridized carbons (Fsp3) is 0.600. The first-order valence-corrected chi connectivity index (χ1v) is 7.32. The van der Waals surface area contributed by atoms with E-state index < -0.39 is 30.4 Å². The first kappa shape index (κ1) is 18.9. The summed E-state index contributed by atoms with van der Waals surface area (Å²) in [5, 5.41) is 0. The molecule has 134 valence electrons. The molecule has 0 amide bonds. The van der Waals surface area contributed by atoms with E-state index in [4.69, 9.17) is 18.8 Å². The molecule has 0 bridgehead atoms. The maximum absolute atomic E-state index is 12.7. The van der Waals surface area contributed by atoms with E-state index in [-0.39, 0.29) is 18.0 Å². The molecule has 0 aromatic heterocycles. The van der Waals surface area contributed by atoms with Gasteiger partial charge in [-0.2, -0.15) is 0 Å². The SMILES string of the molecule is COCOc1ccc(B2OC(C)(C)C(C)(C)O2)c(OC(F)(F)F)c1. The maximum atomic E-state index is 12.7. The van der Waals surface area contributed by atoms with Gasteiger partial charge in [-0.05, 0) is 33.8 Å². The number of methoxy groups -OCH3 is 1. The Morgan fingerprint density at radius 3 is 2.17 bits per heavy atom. The summed E-state index contributed by atoms with van der Waals surface area (Å²) in [4.78, 5) is 0. The summed E-state index contributed by atoms with van der Waals surface area (Å²) >= 11 is 0. The Morgan fingerprint density at radius 1 is 1.08 bits per heavy atom. The molecule has 0 radical (unpaired) electrons. The molecule has 5 nitrogen and oxygen atoms in total. The lowest BCUT2D eigenvalue weighted by molar-refractivity contribution is -0.274. The smallest absolute Gasteiger partial charge is 0.467 e. The van der Waals surface area contributed by atoms with Crippen LogP contribution in [0.5, 0.6) is 11.5 Å². The van der Waals surface area contributed by atoms with Gasteiger partial charge in [0.15, 0.2) is 6.79 Å². The van der Waals surface area contributed by atoms with E-state index in [0.717, 1.165) is 6.07 Å². The molecule has 0 N–H and O–H groups in total. The monoisotopic (exact) mass is 348 g/mol. The van der Waals surface area contributed by atoms with Crippen molar-refractivity contribution in [2.24, 2.45) is 0 Å². The van der Waals surface area contributed by atoms with Gasteiger partial charge < -0.3 is 23.5 Å². The first-order valence-electron chi connectivity index (χ1n) is 7.32. The number of ether oxygens (including phenoxy) is 3. The molecule has 0 atom stereocenters. The van der Waals surface area contributed by atoms with Gasteiger partial charge in [-0.3, -0.25) is 0 Å². The second-order valence-electron chi connectivity index (χ2n) is 6.39. The van der Waals surface area contributed by atoms with Crippen LogP contribution in [0, 0.1) is 0 Å². The van der Waals surface area contributed by atoms with Crippen molar-refractivity contribution in [3.63, 3.8) is 0 Å². The molecule has 1 saturated heterocycles. The molecule has 2 rings (SSSR count). The summed E-state index contributed by atoms with van der Waals surface area (Å²) < 4.78 is 63.8. The summed E-state index contributed by atoms with van der Waals surface area (Å²) in [6.45, 7) is 7.16. The molecule has 0 saturated carbocycles. The third-order valence-corrected chi connectivity index (χ3v) is 4.06. The van der Waals surface area contributed by atoms with E-state index in [2.05, 4.69) is 4.74 Å². The largest absolute Gasteiger partial charge is 0.573 e. The van der Waals surface area contributed by atoms with Gasteiger partial charge in [-0.1, -0.05) is 6.07 Å². The second kappa shape index (κ2) is 6.46. The van der Waals surface area contributed by atoms with Crippen molar-refractivity contribution < 1.29 is 36.7 Å². The van der Waals surface area contributed by atoms with Crippen LogP contribution in [0.4, 0.5) is 13.2 Å². The van der Waals surface area contributed by atoms with Crippen LogP contribution in [0.1, 0.15) is 27.7 Å². The van der Waals surface area contributed by atoms with Crippen LogP contribution < -0.4 is 14.9 Å². The van der Waals surface area contributed by atoms with Gasteiger partial charge >= 0.3 is 13.5 Å². The number of hydrogen-bond donors (Lipinski definition) is 0. The zero-order valence-electron chi connectivity index (χ0n) is 14.2. The number of rotatable bonds is 5. The van der Waals surface area contributed by atoms with E-state index in [1.807, 2.05) is 27.7 Å². The highest BCUT2D eigenvalue weighted by atomic mass is 19.4. The average Bonchev–Trinajstić information content (AvgIpc) is 2.63. The fourth-order valence-corrected chi connectivity index (χ4v) is 2.11. The minimum Gasteiger partial charge on any atom is -0.467 e. The topological polar surface area (TPSA) is 46.2 Å². The van der Waals surface area contributed by atoms with Crippen LogP contribution in [-0.4, -0.2) is 38.6 Å². The number of halogens is 3. The van der Waals surface area contributed by atoms with Crippen molar-refractivity contribution >= 4 is 12.6 Å². The second-order valence-corrected chi connectivity index (χ2v) is 6.39. The van der Waals surface area contributed by atoms with E-state index in [0.29, 0.717) is 0 Å². The normalized spacial score (nSPS) is 19.4. The Hall–Kier alpha value is -1.45. The van der Waals surface area contributed by atoms with Crippen LogP contribution in [0.25, 0.3) is 0 Å². The highest BCUT2D eigenvalue weighted by Crippen LogP contribution is 2.38. The highest BCUT2D eigenvalue weighted by molar-refractivity contribution is 6.63. The molecule has 1 heterocycles. The Bertz CT molecular complexity index is 573. The minimum absolute atomic E-state index is 0.0959. The average molecular weight is 348 g/mol. The van der Waals surface area contributed by atoms with Gasteiger partial charge in [-0.25, -0.2) is 0 Å². The van der Waals surface area contributed by atoms with Crippen LogP contribution in [0.3, 0.4) is 0 Å². The minimum atomic E-state index is -4.85. The molecule has 24 heavy (non-hydrogen) atoms. The van der Waals surface area contributed by atoms with Crippen molar-refractivity contribution in [1.82, 2.24) is 0 Å². The van der Waals surface area contributed by atoms with Gasteiger partial charge in [0.2, 0.25) is 0 Å². The van der Waals surface area contributed by atoms with E-state index in [1.54, 1.807) is 0 Å². The molecule has 1 aliphatic heterocycles. The lowest BCUT2D eigenvalue weighted by Gasteiger charge is -2.32.